The second-order valence-electron chi connectivity index (χ2n) is 5.55. The van der Waals surface area contributed by atoms with Gasteiger partial charge in [0.25, 0.3) is 5.56 Å². The number of hydrogen-bond donors (Lipinski definition) is 5. The third-order valence-electron chi connectivity index (χ3n) is 3.68. The van der Waals surface area contributed by atoms with Gasteiger partial charge in [-0.15, -0.1) is 0 Å². The van der Waals surface area contributed by atoms with E-state index in [2.05, 4.69) is 15.0 Å². The van der Waals surface area contributed by atoms with Crippen LogP contribution in [0.25, 0.3) is 11.2 Å². The van der Waals surface area contributed by atoms with Crippen LogP contribution in [-0.2, 0) is 14.0 Å². The summed E-state index contributed by atoms with van der Waals surface area (Å²) < 4.78 is 23.0. The average Bonchev–Trinajstić information content (AvgIpc) is 2.99. The SMILES string of the molecule is C[C@@]1(OCP(=O)(O)O)O[C@@H](n2cnc3c(=O)[nH]c(N)nc32)C[C@@H]1O. The van der Waals surface area contributed by atoms with E-state index in [1.807, 2.05) is 0 Å². The van der Waals surface area contributed by atoms with Gasteiger partial charge < -0.3 is 30.1 Å². The van der Waals surface area contributed by atoms with Crippen molar-refractivity contribution in [2.75, 3.05) is 12.1 Å². The van der Waals surface area contributed by atoms with E-state index in [4.69, 9.17) is 25.0 Å². The Balaban J connectivity index is 1.90. The van der Waals surface area contributed by atoms with Crippen molar-refractivity contribution in [3.05, 3.63) is 16.7 Å². The molecule has 0 spiro atoms. The van der Waals surface area contributed by atoms with E-state index in [0.29, 0.717) is 0 Å². The van der Waals surface area contributed by atoms with Crippen LogP contribution in [0.2, 0.25) is 0 Å². The number of aromatic nitrogens is 4. The molecule has 0 aromatic carbocycles. The van der Waals surface area contributed by atoms with E-state index in [-0.39, 0.29) is 23.5 Å². The van der Waals surface area contributed by atoms with Gasteiger partial charge in [0.15, 0.2) is 23.3 Å². The fourth-order valence-corrected chi connectivity index (χ4v) is 2.89. The highest BCUT2D eigenvalue weighted by molar-refractivity contribution is 7.51. The Hall–Kier alpha value is -1.82. The third kappa shape index (κ3) is 3.07. The van der Waals surface area contributed by atoms with Crippen molar-refractivity contribution in [1.29, 1.82) is 0 Å². The molecule has 1 aliphatic heterocycles. The zero-order chi connectivity index (χ0) is 17.7. The Morgan fingerprint density at radius 3 is 3.00 bits per heavy atom. The Labute approximate surface area is 134 Å². The van der Waals surface area contributed by atoms with Crippen molar-refractivity contribution < 1.29 is 28.9 Å². The minimum Gasteiger partial charge on any atom is -0.387 e. The molecule has 12 nitrogen and oxygen atoms in total. The number of nitrogens with one attached hydrogen (secondary N) is 1. The number of nitrogens with zero attached hydrogens (tertiary/aromatic N) is 3. The smallest absolute Gasteiger partial charge is 0.351 e. The first-order valence-electron chi connectivity index (χ1n) is 6.86. The fourth-order valence-electron chi connectivity index (χ4n) is 2.47. The summed E-state index contributed by atoms with van der Waals surface area (Å²) in [5.74, 6) is -1.73. The molecule has 3 rings (SSSR count). The minimum absolute atomic E-state index is 0.0392. The largest absolute Gasteiger partial charge is 0.387 e. The molecule has 6 N–H and O–H groups in total. The molecule has 0 radical (unpaired) electrons. The molecule has 3 heterocycles. The van der Waals surface area contributed by atoms with Gasteiger partial charge in [0.2, 0.25) is 5.95 Å². The molecule has 1 aliphatic rings. The van der Waals surface area contributed by atoms with Crippen molar-refractivity contribution in [1.82, 2.24) is 19.5 Å². The number of aliphatic hydroxyl groups is 1. The number of aromatic amines is 1. The highest BCUT2D eigenvalue weighted by atomic mass is 31.2. The molecule has 0 unspecified atom stereocenters. The van der Waals surface area contributed by atoms with Gasteiger partial charge in [0, 0.05) is 6.42 Å². The molecule has 3 atom stereocenters. The van der Waals surface area contributed by atoms with Crippen LogP contribution in [0, 0.1) is 0 Å². The minimum atomic E-state index is -4.43. The first kappa shape index (κ1) is 17.0. The monoisotopic (exact) mass is 361 g/mol. The number of fused-ring (bicyclic) bond motifs is 1. The summed E-state index contributed by atoms with van der Waals surface area (Å²) in [6.07, 6.45) is -1.52. The maximum absolute atomic E-state index is 11.8. The van der Waals surface area contributed by atoms with Crippen LogP contribution in [0.15, 0.2) is 11.1 Å². The molecule has 0 saturated carbocycles. The summed E-state index contributed by atoms with van der Waals surface area (Å²) in [6, 6.07) is 0. The first-order chi connectivity index (χ1) is 11.1. The van der Waals surface area contributed by atoms with Crippen LogP contribution in [0.1, 0.15) is 19.6 Å². The van der Waals surface area contributed by atoms with Crippen molar-refractivity contribution >= 4 is 24.7 Å². The van der Waals surface area contributed by atoms with Crippen LogP contribution >= 0.6 is 7.60 Å². The molecule has 2 aromatic heterocycles. The lowest BCUT2D eigenvalue weighted by atomic mass is 10.1. The summed E-state index contributed by atoms with van der Waals surface area (Å²) in [4.78, 5) is 39.8. The lowest BCUT2D eigenvalue weighted by molar-refractivity contribution is -0.247. The van der Waals surface area contributed by atoms with E-state index in [0.717, 1.165) is 0 Å². The number of hydrogen-bond acceptors (Lipinski definition) is 8. The molecule has 1 saturated heterocycles. The number of anilines is 1. The summed E-state index contributed by atoms with van der Waals surface area (Å²) in [5, 5.41) is 10.1. The fraction of sp³-hybridized carbons (Fsp3) is 0.545. The quantitative estimate of drug-likeness (QED) is 0.416. The number of aliphatic hydroxyl groups excluding tert-OH is 1. The Kier molecular flexibility index (Phi) is 3.98. The van der Waals surface area contributed by atoms with E-state index >= 15 is 0 Å². The van der Waals surface area contributed by atoms with Crippen LogP contribution < -0.4 is 11.3 Å². The lowest BCUT2D eigenvalue weighted by Crippen LogP contribution is -2.39. The van der Waals surface area contributed by atoms with Gasteiger partial charge in [-0.1, -0.05) is 0 Å². The molecule has 1 fully saturated rings. The third-order valence-corrected chi connectivity index (χ3v) is 4.15. The topological polar surface area (TPSA) is 186 Å². The maximum Gasteiger partial charge on any atom is 0.351 e. The first-order valence-corrected chi connectivity index (χ1v) is 8.65. The summed E-state index contributed by atoms with van der Waals surface area (Å²) >= 11 is 0. The highest BCUT2D eigenvalue weighted by Crippen LogP contribution is 2.42. The van der Waals surface area contributed by atoms with Gasteiger partial charge in [0.05, 0.1) is 6.33 Å². The van der Waals surface area contributed by atoms with Crippen molar-refractivity contribution in [2.45, 2.75) is 31.5 Å². The van der Waals surface area contributed by atoms with E-state index in [1.54, 1.807) is 0 Å². The van der Waals surface area contributed by atoms with Gasteiger partial charge in [0.1, 0.15) is 12.3 Å². The van der Waals surface area contributed by atoms with Crippen LogP contribution in [0.4, 0.5) is 5.95 Å². The molecule has 0 amide bonds. The number of nitrogens with two attached hydrogens (primary N) is 1. The van der Waals surface area contributed by atoms with Gasteiger partial charge in [-0.25, -0.2) is 4.98 Å². The average molecular weight is 361 g/mol. The molecule has 2 aromatic rings. The summed E-state index contributed by atoms with van der Waals surface area (Å²) in [5.41, 5.74) is 5.21. The van der Waals surface area contributed by atoms with Gasteiger partial charge in [-0.05, 0) is 6.92 Å². The van der Waals surface area contributed by atoms with Crippen LogP contribution in [-0.4, -0.2) is 52.7 Å². The molecular formula is C11H16N5O7P. The Morgan fingerprint density at radius 1 is 1.62 bits per heavy atom. The van der Waals surface area contributed by atoms with Gasteiger partial charge in [-0.3, -0.25) is 18.9 Å². The normalized spacial score (nSPS) is 27.8. The van der Waals surface area contributed by atoms with E-state index in [9.17, 15) is 14.5 Å². The molecule has 13 heteroatoms. The molecule has 0 bridgehead atoms. The van der Waals surface area contributed by atoms with Gasteiger partial charge >= 0.3 is 7.60 Å². The molecule has 0 aliphatic carbocycles. The molecular weight excluding hydrogens is 345 g/mol. The van der Waals surface area contributed by atoms with Crippen LogP contribution in [0.5, 0.6) is 0 Å². The van der Waals surface area contributed by atoms with Crippen molar-refractivity contribution in [3.8, 4) is 0 Å². The van der Waals surface area contributed by atoms with Crippen molar-refractivity contribution in [2.24, 2.45) is 0 Å². The second-order valence-corrected chi connectivity index (χ2v) is 7.14. The van der Waals surface area contributed by atoms with Gasteiger partial charge in [-0.2, -0.15) is 4.98 Å². The number of nitrogen functional groups attached to an aromatic ring is 1. The number of rotatable bonds is 4. The lowest BCUT2D eigenvalue weighted by Gasteiger charge is -2.28. The maximum atomic E-state index is 11.8. The summed E-state index contributed by atoms with van der Waals surface area (Å²) in [6.45, 7) is 1.36. The predicted octanol–water partition coefficient (Wildman–Crippen LogP) is -1.15. The Bertz CT molecular complexity index is 875. The molecule has 24 heavy (non-hydrogen) atoms. The number of imidazole rings is 1. The standard InChI is InChI=1S/C11H16N5O7P/c1-11(22-4-24(19,20)21)5(17)2-6(23-11)16-3-13-7-8(16)14-10(12)15-9(7)18/h3,5-6,17H,2,4H2,1H3,(H2,19,20,21)(H3,12,14,15,18)/t5-,6+,11+/m0/s1. The number of ether oxygens (including phenoxy) is 2. The molecule has 132 valence electrons. The van der Waals surface area contributed by atoms with Crippen LogP contribution in [0.3, 0.4) is 0 Å². The van der Waals surface area contributed by atoms with E-state index in [1.165, 1.54) is 17.8 Å². The second kappa shape index (κ2) is 5.62. The summed E-state index contributed by atoms with van der Waals surface area (Å²) in [7, 11) is -4.43. The zero-order valence-corrected chi connectivity index (χ0v) is 13.4. The highest BCUT2D eigenvalue weighted by Gasteiger charge is 2.47. The number of H-pyrrole nitrogens is 1. The Morgan fingerprint density at radius 2 is 2.33 bits per heavy atom. The predicted molar refractivity (Wildman–Crippen MR) is 79.7 cm³/mol. The van der Waals surface area contributed by atoms with E-state index < -0.39 is 37.6 Å². The zero-order valence-electron chi connectivity index (χ0n) is 12.5. The van der Waals surface area contributed by atoms with Crippen molar-refractivity contribution in [3.63, 3.8) is 0 Å².